The third-order valence-electron chi connectivity index (χ3n) is 4.94. The molecule has 4 heteroatoms. The summed E-state index contributed by atoms with van der Waals surface area (Å²) in [6.45, 7) is 2.58. The molecule has 0 N–H and O–H groups in total. The Kier molecular flexibility index (Phi) is 4.66. The summed E-state index contributed by atoms with van der Waals surface area (Å²) >= 11 is 6.23. The van der Waals surface area contributed by atoms with Crippen LogP contribution in [0.4, 0.5) is 0 Å². The predicted molar refractivity (Wildman–Crippen MR) is 97.6 cm³/mol. The largest absolute Gasteiger partial charge is 0.382 e. The molecule has 0 atom stereocenters. The first-order valence-corrected chi connectivity index (χ1v) is 8.49. The zero-order chi connectivity index (χ0) is 17.3. The van der Waals surface area contributed by atoms with Gasteiger partial charge in [-0.05, 0) is 54.7 Å². The average Bonchev–Trinajstić information content (AvgIpc) is 3.37. The lowest BCUT2D eigenvalue weighted by Gasteiger charge is -2.27. The van der Waals surface area contributed by atoms with Crippen molar-refractivity contribution in [1.82, 2.24) is 4.90 Å². The number of amides is 1. The van der Waals surface area contributed by atoms with Gasteiger partial charge in [-0.15, -0.1) is 0 Å². The molecule has 2 aromatic rings. The number of hydrogen-bond acceptors (Lipinski definition) is 2. The van der Waals surface area contributed by atoms with E-state index in [4.69, 9.17) is 16.3 Å². The first-order chi connectivity index (χ1) is 11.5. The molecule has 24 heavy (non-hydrogen) atoms. The van der Waals surface area contributed by atoms with Crippen molar-refractivity contribution in [2.75, 3.05) is 20.8 Å². The Labute approximate surface area is 148 Å². The second-order valence-corrected chi connectivity index (χ2v) is 6.92. The Morgan fingerprint density at radius 2 is 1.96 bits per heavy atom. The second-order valence-electron chi connectivity index (χ2n) is 6.51. The highest BCUT2D eigenvalue weighted by Crippen LogP contribution is 2.41. The van der Waals surface area contributed by atoms with Crippen molar-refractivity contribution in [3.05, 3.63) is 58.6 Å². The molecule has 1 aliphatic rings. The second kappa shape index (κ2) is 6.58. The normalized spacial score (nSPS) is 15.2. The summed E-state index contributed by atoms with van der Waals surface area (Å²) in [6, 6.07) is 13.6. The minimum Gasteiger partial charge on any atom is -0.382 e. The SMILES string of the molecule is COCC1(N(C)C(=O)c2cccc(-c3cccc(Cl)c3C)c2)CC1. The maximum Gasteiger partial charge on any atom is 0.254 e. The molecule has 3 nitrogen and oxygen atoms in total. The van der Waals surface area contributed by atoms with Crippen LogP contribution in [0.3, 0.4) is 0 Å². The summed E-state index contributed by atoms with van der Waals surface area (Å²) in [6.07, 6.45) is 1.99. The van der Waals surface area contributed by atoms with Gasteiger partial charge in [0.25, 0.3) is 5.91 Å². The van der Waals surface area contributed by atoms with Crippen LogP contribution in [0, 0.1) is 6.92 Å². The minimum atomic E-state index is -0.131. The molecule has 0 saturated heterocycles. The Hall–Kier alpha value is -1.84. The standard InChI is InChI=1S/C20H22ClNO2/c1-14-17(8-5-9-18(14)21)15-6-4-7-16(12-15)19(23)22(2)20(10-11-20)13-24-3/h4-9,12H,10-11,13H2,1-3H3. The highest BCUT2D eigenvalue weighted by atomic mass is 35.5. The van der Waals surface area contributed by atoms with Gasteiger partial charge in [-0.2, -0.15) is 0 Å². The Bertz CT molecular complexity index is 768. The van der Waals surface area contributed by atoms with Gasteiger partial charge in [0.05, 0.1) is 12.1 Å². The molecule has 3 rings (SSSR count). The van der Waals surface area contributed by atoms with Crippen molar-refractivity contribution in [2.45, 2.75) is 25.3 Å². The molecule has 1 amide bonds. The van der Waals surface area contributed by atoms with Crippen LogP contribution in [0.2, 0.25) is 5.02 Å². The van der Waals surface area contributed by atoms with E-state index in [2.05, 4.69) is 0 Å². The van der Waals surface area contributed by atoms with Crippen LogP contribution in [-0.4, -0.2) is 37.1 Å². The number of halogens is 1. The van der Waals surface area contributed by atoms with Gasteiger partial charge in [0, 0.05) is 24.7 Å². The molecule has 2 aromatic carbocycles. The maximum absolute atomic E-state index is 12.9. The molecule has 0 aromatic heterocycles. The molecule has 0 radical (unpaired) electrons. The summed E-state index contributed by atoms with van der Waals surface area (Å²) < 4.78 is 5.29. The number of likely N-dealkylation sites (N-methyl/N-ethyl adjacent to an activating group) is 1. The van der Waals surface area contributed by atoms with Gasteiger partial charge < -0.3 is 9.64 Å². The average molecular weight is 344 g/mol. The fourth-order valence-electron chi connectivity index (χ4n) is 3.14. The van der Waals surface area contributed by atoms with Gasteiger partial charge in [0.15, 0.2) is 0 Å². The van der Waals surface area contributed by atoms with Crippen LogP contribution in [0.15, 0.2) is 42.5 Å². The molecule has 126 valence electrons. The van der Waals surface area contributed by atoms with E-state index in [1.807, 2.05) is 61.3 Å². The molecule has 1 fully saturated rings. The number of methoxy groups -OCH3 is 1. The fourth-order valence-corrected chi connectivity index (χ4v) is 3.31. The van der Waals surface area contributed by atoms with E-state index >= 15 is 0 Å². The molecular formula is C20H22ClNO2. The summed E-state index contributed by atoms with van der Waals surface area (Å²) in [7, 11) is 3.55. The number of carbonyl (C=O) groups is 1. The van der Waals surface area contributed by atoms with Crippen LogP contribution in [0.5, 0.6) is 0 Å². The summed E-state index contributed by atoms with van der Waals surface area (Å²) in [4.78, 5) is 14.7. The van der Waals surface area contributed by atoms with Crippen LogP contribution < -0.4 is 0 Å². The van der Waals surface area contributed by atoms with E-state index in [9.17, 15) is 4.79 Å². The van der Waals surface area contributed by atoms with Crippen molar-refractivity contribution in [1.29, 1.82) is 0 Å². The molecule has 0 spiro atoms. The number of rotatable bonds is 5. The van der Waals surface area contributed by atoms with Crippen molar-refractivity contribution in [2.24, 2.45) is 0 Å². The van der Waals surface area contributed by atoms with Crippen molar-refractivity contribution in [3.63, 3.8) is 0 Å². The first kappa shape index (κ1) is 17.0. The zero-order valence-electron chi connectivity index (χ0n) is 14.3. The van der Waals surface area contributed by atoms with Crippen LogP contribution in [0.25, 0.3) is 11.1 Å². The zero-order valence-corrected chi connectivity index (χ0v) is 15.1. The van der Waals surface area contributed by atoms with Gasteiger partial charge in [-0.25, -0.2) is 0 Å². The number of ether oxygens (including phenoxy) is 1. The number of carbonyl (C=O) groups excluding carboxylic acids is 1. The van der Waals surface area contributed by atoms with Crippen LogP contribution >= 0.6 is 11.6 Å². The lowest BCUT2D eigenvalue weighted by atomic mass is 9.98. The highest BCUT2D eigenvalue weighted by molar-refractivity contribution is 6.31. The minimum absolute atomic E-state index is 0.0334. The van der Waals surface area contributed by atoms with E-state index in [0.717, 1.165) is 34.6 Å². The number of hydrogen-bond donors (Lipinski definition) is 0. The summed E-state index contributed by atoms with van der Waals surface area (Å²) in [5.74, 6) is 0.0334. The van der Waals surface area contributed by atoms with Gasteiger partial charge in [0.2, 0.25) is 0 Å². The van der Waals surface area contributed by atoms with E-state index < -0.39 is 0 Å². The van der Waals surface area contributed by atoms with Crippen LogP contribution in [0.1, 0.15) is 28.8 Å². The van der Waals surface area contributed by atoms with Crippen molar-refractivity contribution < 1.29 is 9.53 Å². The topological polar surface area (TPSA) is 29.5 Å². The van der Waals surface area contributed by atoms with Gasteiger partial charge in [-0.1, -0.05) is 35.9 Å². The molecule has 0 bridgehead atoms. The lowest BCUT2D eigenvalue weighted by molar-refractivity contribution is 0.0551. The Morgan fingerprint density at radius 3 is 2.62 bits per heavy atom. The summed E-state index contributed by atoms with van der Waals surface area (Å²) in [5.41, 5.74) is 3.64. The van der Waals surface area contributed by atoms with E-state index in [-0.39, 0.29) is 11.4 Å². The Morgan fingerprint density at radius 1 is 1.25 bits per heavy atom. The monoisotopic (exact) mass is 343 g/mol. The van der Waals surface area contributed by atoms with E-state index in [1.165, 1.54) is 0 Å². The molecular weight excluding hydrogens is 322 g/mol. The van der Waals surface area contributed by atoms with Gasteiger partial charge >= 0.3 is 0 Å². The molecule has 0 heterocycles. The number of benzene rings is 2. The smallest absolute Gasteiger partial charge is 0.254 e. The van der Waals surface area contributed by atoms with E-state index in [1.54, 1.807) is 7.11 Å². The molecule has 0 unspecified atom stereocenters. The fraction of sp³-hybridized carbons (Fsp3) is 0.350. The maximum atomic E-state index is 12.9. The molecule has 0 aliphatic heterocycles. The Balaban J connectivity index is 1.91. The lowest BCUT2D eigenvalue weighted by Crippen LogP contribution is -2.42. The van der Waals surface area contributed by atoms with Crippen molar-refractivity contribution >= 4 is 17.5 Å². The predicted octanol–water partition coefficient (Wildman–Crippen LogP) is 4.57. The number of nitrogens with zero attached hydrogens (tertiary/aromatic N) is 1. The molecule has 1 saturated carbocycles. The summed E-state index contributed by atoms with van der Waals surface area (Å²) in [5, 5.41) is 0.735. The van der Waals surface area contributed by atoms with Crippen LogP contribution in [-0.2, 0) is 4.74 Å². The van der Waals surface area contributed by atoms with E-state index in [0.29, 0.717) is 12.2 Å². The third-order valence-corrected chi connectivity index (χ3v) is 5.35. The highest BCUT2D eigenvalue weighted by Gasteiger charge is 2.48. The van der Waals surface area contributed by atoms with Gasteiger partial charge in [-0.3, -0.25) is 4.79 Å². The molecule has 1 aliphatic carbocycles. The first-order valence-electron chi connectivity index (χ1n) is 8.11. The van der Waals surface area contributed by atoms with Crippen molar-refractivity contribution in [3.8, 4) is 11.1 Å². The third kappa shape index (κ3) is 3.06. The van der Waals surface area contributed by atoms with Gasteiger partial charge in [0.1, 0.15) is 0 Å². The quantitative estimate of drug-likeness (QED) is 0.796.